The fourth-order valence-electron chi connectivity index (χ4n) is 4.78. The lowest BCUT2D eigenvalue weighted by Crippen LogP contribution is -1.90. The van der Waals surface area contributed by atoms with Gasteiger partial charge in [-0.3, -0.25) is 0 Å². The third kappa shape index (κ3) is 3.55. The minimum Gasteiger partial charge on any atom is -0.461 e. The zero-order valence-corrected chi connectivity index (χ0v) is 19.3. The first-order valence-corrected chi connectivity index (χ1v) is 11.4. The van der Waals surface area contributed by atoms with Gasteiger partial charge in [0.1, 0.15) is 11.3 Å². The zero-order chi connectivity index (χ0) is 22.9. The standard InChI is InChI=1S/C32H26O/c1-5-7-11-25-21(3)26-13-9-10-14-28(26)30-19-23(15-17-29(25)30)24-16-18-32-31(20-24)27(12-8-6-2)22(4)33-32/h1,7-20H,6H2,2-4H3/b11-7-,12-8-. The average molecular weight is 427 g/mol. The SMILES string of the molecule is C#C/C=C\c1c(C)c2ccccc2c2cc(-c3ccc4oc(C)c(/C=C\CC)c4c3)ccc12. The van der Waals surface area contributed by atoms with E-state index >= 15 is 0 Å². The van der Waals surface area contributed by atoms with Gasteiger partial charge >= 0.3 is 0 Å². The zero-order valence-electron chi connectivity index (χ0n) is 19.3. The Bertz CT molecular complexity index is 1620. The molecule has 33 heavy (non-hydrogen) atoms. The van der Waals surface area contributed by atoms with Gasteiger partial charge in [0.05, 0.1) is 0 Å². The second-order valence-corrected chi connectivity index (χ2v) is 8.44. The van der Waals surface area contributed by atoms with Crippen LogP contribution in [-0.4, -0.2) is 0 Å². The second kappa shape index (κ2) is 8.49. The number of allylic oxidation sites excluding steroid dienone is 2. The number of furan rings is 1. The van der Waals surface area contributed by atoms with Crippen molar-refractivity contribution in [3.8, 4) is 23.5 Å². The summed E-state index contributed by atoms with van der Waals surface area (Å²) in [7, 11) is 0. The van der Waals surface area contributed by atoms with Crippen LogP contribution in [0.15, 0.2) is 77.2 Å². The van der Waals surface area contributed by atoms with Crippen molar-refractivity contribution in [3.05, 3.63) is 95.3 Å². The van der Waals surface area contributed by atoms with E-state index in [2.05, 4.69) is 98.7 Å². The predicted molar refractivity (Wildman–Crippen MR) is 143 cm³/mol. The first-order valence-electron chi connectivity index (χ1n) is 11.4. The Hall–Kier alpha value is -4.02. The average Bonchev–Trinajstić information content (AvgIpc) is 3.16. The molecule has 0 bridgehead atoms. The number of rotatable bonds is 4. The van der Waals surface area contributed by atoms with E-state index in [1.54, 1.807) is 6.08 Å². The monoisotopic (exact) mass is 426 g/mol. The van der Waals surface area contributed by atoms with Crippen molar-refractivity contribution in [2.24, 2.45) is 0 Å². The fourth-order valence-corrected chi connectivity index (χ4v) is 4.78. The Labute approximate surface area is 195 Å². The number of aryl methyl sites for hydroxylation is 2. The number of hydrogen-bond acceptors (Lipinski definition) is 1. The molecular formula is C32H26O. The molecule has 0 saturated carbocycles. The highest BCUT2D eigenvalue weighted by atomic mass is 16.3. The smallest absolute Gasteiger partial charge is 0.134 e. The molecule has 0 atom stereocenters. The Kier molecular flexibility index (Phi) is 5.37. The van der Waals surface area contributed by atoms with E-state index < -0.39 is 0 Å². The Morgan fingerprint density at radius 3 is 2.27 bits per heavy atom. The molecule has 0 radical (unpaired) electrons. The maximum absolute atomic E-state index is 6.01. The van der Waals surface area contributed by atoms with Crippen LogP contribution in [0.1, 0.15) is 35.8 Å². The molecule has 5 rings (SSSR count). The van der Waals surface area contributed by atoms with E-state index in [-0.39, 0.29) is 0 Å². The lowest BCUT2D eigenvalue weighted by Gasteiger charge is -2.14. The maximum atomic E-state index is 6.01. The van der Waals surface area contributed by atoms with Crippen molar-refractivity contribution in [2.75, 3.05) is 0 Å². The molecule has 0 spiro atoms. The van der Waals surface area contributed by atoms with Crippen molar-refractivity contribution in [2.45, 2.75) is 27.2 Å². The molecule has 0 N–H and O–H groups in total. The molecule has 0 saturated heterocycles. The summed E-state index contributed by atoms with van der Waals surface area (Å²) < 4.78 is 6.01. The summed E-state index contributed by atoms with van der Waals surface area (Å²) in [6.45, 7) is 6.35. The third-order valence-corrected chi connectivity index (χ3v) is 6.45. The molecule has 0 amide bonds. The van der Waals surface area contributed by atoms with Crippen molar-refractivity contribution in [1.82, 2.24) is 0 Å². The summed E-state index contributed by atoms with van der Waals surface area (Å²) >= 11 is 0. The molecule has 1 heterocycles. The van der Waals surface area contributed by atoms with Gasteiger partial charge in [0.25, 0.3) is 0 Å². The van der Waals surface area contributed by atoms with E-state index in [0.717, 1.165) is 28.7 Å². The Morgan fingerprint density at radius 2 is 1.52 bits per heavy atom. The molecule has 0 aliphatic heterocycles. The molecular weight excluding hydrogens is 400 g/mol. The molecule has 0 unspecified atom stereocenters. The highest BCUT2D eigenvalue weighted by Gasteiger charge is 2.13. The number of fused-ring (bicyclic) bond motifs is 4. The van der Waals surface area contributed by atoms with E-state index in [9.17, 15) is 0 Å². The van der Waals surface area contributed by atoms with Gasteiger partial charge in [-0.1, -0.05) is 67.5 Å². The van der Waals surface area contributed by atoms with Gasteiger partial charge in [0, 0.05) is 10.9 Å². The quantitative estimate of drug-likeness (QED) is 0.206. The first kappa shape index (κ1) is 20.9. The Balaban J connectivity index is 1.76. The molecule has 1 nitrogen and oxygen atoms in total. The molecule has 0 fully saturated rings. The number of hydrogen-bond donors (Lipinski definition) is 0. The minimum absolute atomic E-state index is 0.926. The normalized spacial score (nSPS) is 11.9. The van der Waals surface area contributed by atoms with Gasteiger partial charge in [-0.05, 0) is 94.4 Å². The van der Waals surface area contributed by atoms with Crippen LogP contribution < -0.4 is 0 Å². The van der Waals surface area contributed by atoms with E-state index in [1.165, 1.54) is 43.8 Å². The summed E-state index contributed by atoms with van der Waals surface area (Å²) in [6.07, 6.45) is 14.7. The summed E-state index contributed by atoms with van der Waals surface area (Å²) in [5.41, 5.74) is 6.89. The van der Waals surface area contributed by atoms with Gasteiger partial charge < -0.3 is 4.42 Å². The molecule has 1 heteroatoms. The maximum Gasteiger partial charge on any atom is 0.134 e. The van der Waals surface area contributed by atoms with Gasteiger partial charge in [-0.2, -0.15) is 0 Å². The largest absolute Gasteiger partial charge is 0.461 e. The van der Waals surface area contributed by atoms with Crippen molar-refractivity contribution < 1.29 is 4.42 Å². The summed E-state index contributed by atoms with van der Waals surface area (Å²) in [6, 6.07) is 21.8. The highest BCUT2D eigenvalue weighted by molar-refractivity contribution is 6.13. The van der Waals surface area contributed by atoms with Crippen molar-refractivity contribution in [1.29, 1.82) is 0 Å². The molecule has 4 aromatic carbocycles. The second-order valence-electron chi connectivity index (χ2n) is 8.44. The molecule has 5 aromatic rings. The number of benzene rings is 4. The van der Waals surface area contributed by atoms with E-state index in [0.29, 0.717) is 0 Å². The summed E-state index contributed by atoms with van der Waals surface area (Å²) in [5, 5.41) is 6.12. The summed E-state index contributed by atoms with van der Waals surface area (Å²) in [5.74, 6) is 3.59. The predicted octanol–water partition coefficient (Wildman–Crippen LogP) is 9.09. The molecule has 1 aromatic heterocycles. The molecule has 0 aliphatic rings. The van der Waals surface area contributed by atoms with Gasteiger partial charge in [0.15, 0.2) is 0 Å². The molecule has 0 aliphatic carbocycles. The van der Waals surface area contributed by atoms with Gasteiger partial charge in [-0.15, -0.1) is 6.42 Å². The summed E-state index contributed by atoms with van der Waals surface area (Å²) in [4.78, 5) is 0. The topological polar surface area (TPSA) is 13.1 Å². The molecule has 160 valence electrons. The third-order valence-electron chi connectivity index (χ3n) is 6.45. The van der Waals surface area contributed by atoms with E-state index in [4.69, 9.17) is 10.8 Å². The van der Waals surface area contributed by atoms with E-state index in [1.807, 2.05) is 6.92 Å². The minimum atomic E-state index is 0.926. The van der Waals surface area contributed by atoms with Crippen LogP contribution in [0.3, 0.4) is 0 Å². The van der Waals surface area contributed by atoms with Crippen LogP contribution in [0.2, 0.25) is 0 Å². The van der Waals surface area contributed by atoms with Crippen LogP contribution in [0.25, 0.3) is 55.8 Å². The lowest BCUT2D eigenvalue weighted by atomic mass is 9.90. The van der Waals surface area contributed by atoms with Gasteiger partial charge in [-0.25, -0.2) is 0 Å². The van der Waals surface area contributed by atoms with Crippen LogP contribution in [0.5, 0.6) is 0 Å². The number of terminal acetylenes is 1. The van der Waals surface area contributed by atoms with Crippen LogP contribution in [-0.2, 0) is 0 Å². The van der Waals surface area contributed by atoms with Crippen molar-refractivity contribution >= 4 is 44.7 Å². The fraction of sp³-hybridized carbons (Fsp3) is 0.125. The van der Waals surface area contributed by atoms with Gasteiger partial charge in [0.2, 0.25) is 0 Å². The Morgan fingerprint density at radius 1 is 0.788 bits per heavy atom. The van der Waals surface area contributed by atoms with Crippen LogP contribution >= 0.6 is 0 Å². The lowest BCUT2D eigenvalue weighted by molar-refractivity contribution is 0.577. The first-order chi connectivity index (χ1) is 16.1. The van der Waals surface area contributed by atoms with Crippen molar-refractivity contribution in [3.63, 3.8) is 0 Å². The highest BCUT2D eigenvalue weighted by Crippen LogP contribution is 2.37. The van der Waals surface area contributed by atoms with Crippen LogP contribution in [0.4, 0.5) is 0 Å². The van der Waals surface area contributed by atoms with Crippen LogP contribution in [0, 0.1) is 26.2 Å².